The molecule has 0 spiro atoms. The summed E-state index contributed by atoms with van der Waals surface area (Å²) in [6.45, 7) is 1.88. The van der Waals surface area contributed by atoms with Gasteiger partial charge in [0.25, 0.3) is 0 Å². The maximum atomic E-state index is 11.7. The molecular weight excluding hydrogens is 334 g/mol. The molecule has 0 bridgehead atoms. The van der Waals surface area contributed by atoms with Crippen molar-refractivity contribution < 1.29 is 33.2 Å². The van der Waals surface area contributed by atoms with Crippen LogP contribution in [0.25, 0.3) is 0 Å². The van der Waals surface area contributed by atoms with Crippen LogP contribution in [0.4, 0.5) is 0 Å². The zero-order chi connectivity index (χ0) is 16.7. The van der Waals surface area contributed by atoms with Crippen LogP contribution in [0, 0.1) is 0 Å². The topological polar surface area (TPSA) is 117 Å². The second-order valence-corrected chi connectivity index (χ2v) is 8.56. The van der Waals surface area contributed by atoms with E-state index in [0.717, 1.165) is 6.26 Å². The van der Waals surface area contributed by atoms with Gasteiger partial charge in [0.15, 0.2) is 6.29 Å². The second-order valence-electron chi connectivity index (χ2n) is 5.89. The van der Waals surface area contributed by atoms with E-state index in [2.05, 4.69) is 12.6 Å². The van der Waals surface area contributed by atoms with Crippen molar-refractivity contribution in [2.75, 3.05) is 19.4 Å². The summed E-state index contributed by atoms with van der Waals surface area (Å²) in [4.78, 5) is 0. The lowest BCUT2D eigenvalue weighted by atomic mass is 10.00. The van der Waals surface area contributed by atoms with E-state index in [-0.39, 0.29) is 11.9 Å². The number of hydrogen-bond acceptors (Lipinski definition) is 8. The van der Waals surface area contributed by atoms with Gasteiger partial charge in [-0.2, -0.15) is 16.9 Å². The average Bonchev–Trinajstić information content (AvgIpc) is 2.80. The van der Waals surface area contributed by atoms with E-state index in [4.69, 9.17) is 9.47 Å². The highest BCUT2D eigenvalue weighted by molar-refractivity contribution is 7.88. The van der Waals surface area contributed by atoms with Crippen molar-refractivity contribution in [2.24, 2.45) is 0 Å². The molecule has 130 valence electrons. The zero-order valence-corrected chi connectivity index (χ0v) is 14.2. The van der Waals surface area contributed by atoms with Crippen LogP contribution in [0.5, 0.6) is 0 Å². The summed E-state index contributed by atoms with van der Waals surface area (Å²) in [5, 5.41) is 29.1. The van der Waals surface area contributed by atoms with E-state index in [1.54, 1.807) is 6.92 Å². The molecule has 0 radical (unpaired) electrons. The normalized spacial score (nSPS) is 44.4. The third kappa shape index (κ3) is 3.93. The number of nitrogens with zero attached hydrogens (tertiary/aromatic N) is 1. The molecule has 22 heavy (non-hydrogen) atoms. The quantitative estimate of drug-likeness (QED) is 0.437. The fourth-order valence-electron chi connectivity index (χ4n) is 2.78. The first-order valence-electron chi connectivity index (χ1n) is 7.07. The molecule has 2 fully saturated rings. The monoisotopic (exact) mass is 357 g/mol. The van der Waals surface area contributed by atoms with Gasteiger partial charge in [-0.1, -0.05) is 0 Å². The van der Waals surface area contributed by atoms with Gasteiger partial charge in [-0.3, -0.25) is 0 Å². The molecule has 2 rings (SSSR count). The van der Waals surface area contributed by atoms with Crippen molar-refractivity contribution in [3.8, 4) is 0 Å². The Bertz CT molecular complexity index is 488. The summed E-state index contributed by atoms with van der Waals surface area (Å²) in [5.74, 6) is 0. The van der Waals surface area contributed by atoms with Gasteiger partial charge >= 0.3 is 0 Å². The molecule has 10 heteroatoms. The zero-order valence-electron chi connectivity index (χ0n) is 12.4. The van der Waals surface area contributed by atoms with Gasteiger partial charge < -0.3 is 24.8 Å². The maximum Gasteiger partial charge on any atom is 0.211 e. The summed E-state index contributed by atoms with van der Waals surface area (Å²) in [6.07, 6.45) is -4.13. The first-order chi connectivity index (χ1) is 10.1. The van der Waals surface area contributed by atoms with E-state index in [1.807, 2.05) is 0 Å². The van der Waals surface area contributed by atoms with Crippen LogP contribution < -0.4 is 0 Å². The molecular formula is C12H23NO7S2. The van der Waals surface area contributed by atoms with E-state index >= 15 is 0 Å². The predicted molar refractivity (Wildman–Crippen MR) is 81.0 cm³/mol. The Labute approximate surface area is 135 Å². The van der Waals surface area contributed by atoms with Crippen LogP contribution in [-0.2, 0) is 19.5 Å². The Morgan fingerprint density at radius 3 is 2.50 bits per heavy atom. The second kappa shape index (κ2) is 6.89. The minimum absolute atomic E-state index is 0.0153. The highest BCUT2D eigenvalue weighted by Gasteiger charge is 2.43. The summed E-state index contributed by atoms with van der Waals surface area (Å²) in [7, 11) is -3.37. The molecule has 2 aliphatic rings. The fraction of sp³-hybridized carbons (Fsp3) is 1.00. The smallest absolute Gasteiger partial charge is 0.211 e. The van der Waals surface area contributed by atoms with Crippen molar-refractivity contribution in [1.29, 1.82) is 0 Å². The highest BCUT2D eigenvalue weighted by atomic mass is 32.2. The van der Waals surface area contributed by atoms with E-state index < -0.39 is 46.8 Å². The van der Waals surface area contributed by atoms with Crippen LogP contribution in [0.3, 0.4) is 0 Å². The van der Waals surface area contributed by atoms with Crippen molar-refractivity contribution in [3.63, 3.8) is 0 Å². The molecule has 0 aromatic carbocycles. The molecule has 7 atom stereocenters. The minimum Gasteiger partial charge on any atom is -0.388 e. The Kier molecular flexibility index (Phi) is 5.77. The number of rotatable bonds is 4. The standard InChI is InChI=1S/C12H23NO7S2/c1-6-9(14)10(15)11(16)12(20-6)19-5-7-3-8(21)4-13(7)22(2,17)18/h6-12,14-16,21H,3-5H2,1-2H3/t6-,7-,8+,9-,10+,11+,12-/m0/s1. The lowest BCUT2D eigenvalue weighted by Crippen LogP contribution is -2.57. The van der Waals surface area contributed by atoms with Gasteiger partial charge in [-0.25, -0.2) is 8.42 Å². The largest absolute Gasteiger partial charge is 0.388 e. The fourth-order valence-corrected chi connectivity index (χ4v) is 4.45. The van der Waals surface area contributed by atoms with Gasteiger partial charge in [0.2, 0.25) is 10.0 Å². The Morgan fingerprint density at radius 2 is 1.91 bits per heavy atom. The molecule has 2 saturated heterocycles. The van der Waals surface area contributed by atoms with Gasteiger partial charge in [0, 0.05) is 17.8 Å². The number of sulfonamides is 1. The van der Waals surface area contributed by atoms with E-state index in [9.17, 15) is 23.7 Å². The maximum absolute atomic E-state index is 11.7. The van der Waals surface area contributed by atoms with E-state index in [1.165, 1.54) is 4.31 Å². The van der Waals surface area contributed by atoms with Gasteiger partial charge in [-0.15, -0.1) is 0 Å². The lowest BCUT2D eigenvalue weighted by molar-refractivity contribution is -0.294. The summed E-state index contributed by atoms with van der Waals surface area (Å²) < 4.78 is 35.6. The molecule has 2 aliphatic heterocycles. The molecule has 0 aromatic heterocycles. The Morgan fingerprint density at radius 1 is 1.27 bits per heavy atom. The first kappa shape index (κ1) is 18.4. The molecule has 8 nitrogen and oxygen atoms in total. The summed E-state index contributed by atoms with van der Waals surface area (Å²) >= 11 is 4.31. The number of ether oxygens (including phenoxy) is 2. The van der Waals surface area contributed by atoms with Crippen molar-refractivity contribution in [2.45, 2.75) is 55.3 Å². The highest BCUT2D eigenvalue weighted by Crippen LogP contribution is 2.27. The van der Waals surface area contributed by atoms with Gasteiger partial charge in [0.1, 0.15) is 18.3 Å². The molecule has 3 N–H and O–H groups in total. The summed E-state index contributed by atoms with van der Waals surface area (Å²) in [5.41, 5.74) is 0. The van der Waals surface area contributed by atoms with Crippen molar-refractivity contribution in [1.82, 2.24) is 4.31 Å². The average molecular weight is 357 g/mol. The molecule has 0 aliphatic carbocycles. The van der Waals surface area contributed by atoms with Crippen LogP contribution in [0.15, 0.2) is 0 Å². The van der Waals surface area contributed by atoms with Crippen LogP contribution in [0.1, 0.15) is 13.3 Å². The van der Waals surface area contributed by atoms with Crippen LogP contribution >= 0.6 is 12.6 Å². The van der Waals surface area contributed by atoms with Crippen LogP contribution in [0.2, 0.25) is 0 Å². The van der Waals surface area contributed by atoms with E-state index in [0.29, 0.717) is 13.0 Å². The third-order valence-corrected chi connectivity index (χ3v) is 5.70. The number of aliphatic hydroxyl groups excluding tert-OH is 3. The number of aliphatic hydroxyl groups is 3. The Balaban J connectivity index is 1.97. The van der Waals surface area contributed by atoms with Crippen molar-refractivity contribution >= 4 is 22.7 Å². The lowest BCUT2D eigenvalue weighted by Gasteiger charge is -2.39. The predicted octanol–water partition coefficient (Wildman–Crippen LogP) is -1.84. The molecule has 0 aromatic rings. The Hall–Kier alpha value is 0.0600. The molecule has 0 saturated carbocycles. The first-order valence-corrected chi connectivity index (χ1v) is 9.44. The SMILES string of the molecule is C[C@@H]1O[C@H](OC[C@@H]2C[C@@H](S)CN2S(C)(=O)=O)[C@H](O)[C@H](O)[C@H]1O. The van der Waals surface area contributed by atoms with Crippen molar-refractivity contribution in [3.05, 3.63) is 0 Å². The molecule has 2 heterocycles. The van der Waals surface area contributed by atoms with Crippen LogP contribution in [-0.4, -0.2) is 89.4 Å². The number of thiol groups is 1. The minimum atomic E-state index is -3.37. The van der Waals surface area contributed by atoms with Gasteiger partial charge in [-0.05, 0) is 13.3 Å². The van der Waals surface area contributed by atoms with Gasteiger partial charge in [0.05, 0.1) is 19.0 Å². The number of hydrogen-bond donors (Lipinski definition) is 4. The third-order valence-electron chi connectivity index (χ3n) is 4.03. The summed E-state index contributed by atoms with van der Waals surface area (Å²) in [6, 6.07) is -0.396. The molecule has 0 unspecified atom stereocenters. The molecule has 0 amide bonds.